The molecule has 0 radical (unpaired) electrons. The fourth-order valence-corrected chi connectivity index (χ4v) is 2.90. The molecule has 1 saturated carbocycles. The zero-order valence-electron chi connectivity index (χ0n) is 11.8. The Morgan fingerprint density at radius 1 is 1.32 bits per heavy atom. The minimum atomic E-state index is -0.471. The molecule has 0 saturated heterocycles. The molecule has 1 aromatic carbocycles. The Morgan fingerprint density at radius 2 is 1.89 bits per heavy atom. The summed E-state index contributed by atoms with van der Waals surface area (Å²) >= 11 is 0. The summed E-state index contributed by atoms with van der Waals surface area (Å²) in [5, 5.41) is 12.5. The third-order valence-electron chi connectivity index (χ3n) is 4.37. The lowest BCUT2D eigenvalue weighted by molar-refractivity contribution is -0.125. The van der Waals surface area contributed by atoms with E-state index in [9.17, 15) is 9.90 Å². The first-order valence-electron chi connectivity index (χ1n) is 7.17. The summed E-state index contributed by atoms with van der Waals surface area (Å²) in [6.07, 6.45) is 4.75. The van der Waals surface area contributed by atoms with Gasteiger partial charge in [-0.2, -0.15) is 0 Å². The monoisotopic (exact) mass is 261 g/mol. The van der Waals surface area contributed by atoms with Crippen molar-refractivity contribution in [1.29, 1.82) is 0 Å². The highest BCUT2D eigenvalue weighted by Gasteiger charge is 2.39. The van der Waals surface area contributed by atoms with Crippen LogP contribution in [0.3, 0.4) is 0 Å². The smallest absolute Gasteiger partial charge is 0.230 e. The molecule has 3 heteroatoms. The number of rotatable bonds is 4. The lowest BCUT2D eigenvalue weighted by Crippen LogP contribution is -2.33. The van der Waals surface area contributed by atoms with Gasteiger partial charge in [0.2, 0.25) is 5.91 Å². The van der Waals surface area contributed by atoms with Crippen molar-refractivity contribution in [1.82, 2.24) is 0 Å². The number of carbonyl (C=O) groups is 1. The summed E-state index contributed by atoms with van der Waals surface area (Å²) in [7, 11) is 0. The van der Waals surface area contributed by atoms with E-state index in [0.29, 0.717) is 0 Å². The Bertz CT molecular complexity index is 431. The molecular formula is C16H23NO2. The normalized spacial score (nSPS) is 19.1. The van der Waals surface area contributed by atoms with Crippen molar-refractivity contribution in [2.24, 2.45) is 5.41 Å². The van der Waals surface area contributed by atoms with E-state index < -0.39 is 6.10 Å². The molecule has 2 N–H and O–H groups in total. The van der Waals surface area contributed by atoms with Crippen molar-refractivity contribution < 1.29 is 9.90 Å². The average Bonchev–Trinajstić information content (AvgIpc) is 2.89. The maximum atomic E-state index is 12.4. The van der Waals surface area contributed by atoms with Crippen LogP contribution in [-0.2, 0) is 4.79 Å². The third-order valence-corrected chi connectivity index (χ3v) is 4.37. The number of nitrogens with one attached hydrogen (secondary N) is 1. The zero-order valence-corrected chi connectivity index (χ0v) is 11.8. The molecule has 3 nitrogen and oxygen atoms in total. The molecule has 104 valence electrons. The van der Waals surface area contributed by atoms with Crippen LogP contribution in [0.4, 0.5) is 5.69 Å². The first kappa shape index (κ1) is 14.1. The first-order valence-corrected chi connectivity index (χ1v) is 7.17. The fourth-order valence-electron chi connectivity index (χ4n) is 2.90. The van der Waals surface area contributed by atoms with Gasteiger partial charge >= 0.3 is 0 Å². The number of benzene rings is 1. The minimum Gasteiger partial charge on any atom is -0.389 e. The zero-order chi connectivity index (χ0) is 13.9. The molecule has 0 heterocycles. The Kier molecular flexibility index (Phi) is 4.25. The summed E-state index contributed by atoms with van der Waals surface area (Å²) in [4.78, 5) is 12.4. The second-order valence-corrected chi connectivity index (χ2v) is 5.59. The highest BCUT2D eigenvalue weighted by molar-refractivity contribution is 5.95. The number of hydrogen-bond acceptors (Lipinski definition) is 2. The van der Waals surface area contributed by atoms with E-state index in [2.05, 4.69) is 12.2 Å². The predicted octanol–water partition coefficient (Wildman–Crippen LogP) is 3.65. The predicted molar refractivity (Wildman–Crippen MR) is 76.9 cm³/mol. The van der Waals surface area contributed by atoms with Crippen molar-refractivity contribution in [3.63, 3.8) is 0 Å². The van der Waals surface area contributed by atoms with Gasteiger partial charge < -0.3 is 10.4 Å². The fraction of sp³-hybridized carbons (Fsp3) is 0.562. The van der Waals surface area contributed by atoms with E-state index >= 15 is 0 Å². The summed E-state index contributed by atoms with van der Waals surface area (Å²) in [6.45, 7) is 3.83. The molecule has 1 atom stereocenters. The van der Waals surface area contributed by atoms with E-state index in [4.69, 9.17) is 0 Å². The van der Waals surface area contributed by atoms with E-state index in [0.717, 1.165) is 43.4 Å². The number of hydrogen-bond donors (Lipinski definition) is 2. The molecule has 0 aliphatic heterocycles. The van der Waals surface area contributed by atoms with Crippen molar-refractivity contribution in [2.45, 2.75) is 52.1 Å². The molecule has 1 aliphatic rings. The molecular weight excluding hydrogens is 238 g/mol. The van der Waals surface area contributed by atoms with Crippen LogP contribution in [0, 0.1) is 5.41 Å². The lowest BCUT2D eigenvalue weighted by Gasteiger charge is -2.26. The van der Waals surface area contributed by atoms with E-state index in [1.54, 1.807) is 6.92 Å². The van der Waals surface area contributed by atoms with Gasteiger partial charge in [0.1, 0.15) is 0 Å². The van der Waals surface area contributed by atoms with Crippen molar-refractivity contribution in [3.05, 3.63) is 29.8 Å². The first-order chi connectivity index (χ1) is 9.07. The lowest BCUT2D eigenvalue weighted by atomic mass is 9.82. The van der Waals surface area contributed by atoms with Gasteiger partial charge in [-0.25, -0.2) is 0 Å². The number of aliphatic hydroxyl groups excluding tert-OH is 1. The van der Waals surface area contributed by atoms with Crippen LogP contribution in [0.2, 0.25) is 0 Å². The number of anilines is 1. The molecule has 1 fully saturated rings. The van der Waals surface area contributed by atoms with Crippen LogP contribution < -0.4 is 5.32 Å². The van der Waals surface area contributed by atoms with Gasteiger partial charge in [-0.1, -0.05) is 31.9 Å². The maximum Gasteiger partial charge on any atom is 0.230 e. The topological polar surface area (TPSA) is 49.3 Å². The van der Waals surface area contributed by atoms with Gasteiger partial charge in [0.15, 0.2) is 0 Å². The minimum absolute atomic E-state index is 0.150. The number of aliphatic hydroxyl groups is 1. The second-order valence-electron chi connectivity index (χ2n) is 5.59. The molecule has 2 rings (SSSR count). The highest BCUT2D eigenvalue weighted by atomic mass is 16.3. The molecule has 0 spiro atoms. The van der Waals surface area contributed by atoms with Crippen LogP contribution in [0.15, 0.2) is 24.3 Å². The van der Waals surface area contributed by atoms with E-state index in [1.165, 1.54) is 0 Å². The van der Waals surface area contributed by atoms with Crippen LogP contribution in [0.1, 0.15) is 57.6 Å². The van der Waals surface area contributed by atoms with Gasteiger partial charge in [-0.3, -0.25) is 4.79 Å². The number of carbonyl (C=O) groups excluding carboxylic acids is 1. The summed E-state index contributed by atoms with van der Waals surface area (Å²) in [5.41, 5.74) is 1.52. The van der Waals surface area contributed by atoms with Crippen molar-refractivity contribution in [2.75, 3.05) is 5.32 Å². The molecule has 1 aromatic rings. The SMILES string of the molecule is CCC1(C(=O)Nc2ccc(C(C)O)cc2)CCCC1. The second kappa shape index (κ2) is 5.74. The largest absolute Gasteiger partial charge is 0.389 e. The highest BCUT2D eigenvalue weighted by Crippen LogP contribution is 2.41. The molecule has 0 bridgehead atoms. The van der Waals surface area contributed by atoms with Crippen molar-refractivity contribution >= 4 is 11.6 Å². The Hall–Kier alpha value is -1.35. The molecule has 1 unspecified atom stereocenters. The van der Waals surface area contributed by atoms with Gasteiger partial charge in [0, 0.05) is 11.1 Å². The maximum absolute atomic E-state index is 12.4. The molecule has 1 aliphatic carbocycles. The molecule has 0 aromatic heterocycles. The standard InChI is InChI=1S/C16H23NO2/c1-3-16(10-4-5-11-16)15(19)17-14-8-6-13(7-9-14)12(2)18/h6-9,12,18H,3-5,10-11H2,1-2H3,(H,17,19). The summed E-state index contributed by atoms with van der Waals surface area (Å²) < 4.78 is 0. The molecule has 1 amide bonds. The van der Waals surface area contributed by atoms with Gasteiger partial charge in [0.05, 0.1) is 6.10 Å². The molecule has 19 heavy (non-hydrogen) atoms. The van der Waals surface area contributed by atoms with Crippen LogP contribution in [-0.4, -0.2) is 11.0 Å². The van der Waals surface area contributed by atoms with Gasteiger partial charge in [-0.05, 0) is 43.9 Å². The van der Waals surface area contributed by atoms with Crippen LogP contribution >= 0.6 is 0 Å². The van der Waals surface area contributed by atoms with E-state index in [1.807, 2.05) is 24.3 Å². The van der Waals surface area contributed by atoms with Crippen molar-refractivity contribution in [3.8, 4) is 0 Å². The Labute approximate surface area is 115 Å². The van der Waals surface area contributed by atoms with Gasteiger partial charge in [-0.15, -0.1) is 0 Å². The Morgan fingerprint density at radius 3 is 2.37 bits per heavy atom. The van der Waals surface area contributed by atoms with Crippen LogP contribution in [0.5, 0.6) is 0 Å². The third kappa shape index (κ3) is 2.98. The summed E-state index contributed by atoms with van der Waals surface area (Å²) in [6, 6.07) is 7.43. The number of amides is 1. The van der Waals surface area contributed by atoms with E-state index in [-0.39, 0.29) is 11.3 Å². The van der Waals surface area contributed by atoms with Gasteiger partial charge in [0.25, 0.3) is 0 Å². The summed E-state index contributed by atoms with van der Waals surface area (Å²) in [5.74, 6) is 0.150. The van der Waals surface area contributed by atoms with Crippen LogP contribution in [0.25, 0.3) is 0 Å². The average molecular weight is 261 g/mol. The Balaban J connectivity index is 2.06. The quantitative estimate of drug-likeness (QED) is 0.869.